The van der Waals surface area contributed by atoms with Gasteiger partial charge in [0.2, 0.25) is 0 Å². The number of carbonyl (C=O) groups is 2. The summed E-state index contributed by atoms with van der Waals surface area (Å²) in [6, 6.07) is 5.59. The first kappa shape index (κ1) is 19.9. The van der Waals surface area contributed by atoms with Crippen LogP contribution in [0.2, 0.25) is 0 Å². The third-order valence-electron chi connectivity index (χ3n) is 4.52. The number of amides is 2. The second-order valence-electron chi connectivity index (χ2n) is 6.55. The lowest BCUT2D eigenvalue weighted by atomic mass is 9.96. The summed E-state index contributed by atoms with van der Waals surface area (Å²) in [6.07, 6.45) is -3.50. The number of nitrogens with zero attached hydrogens (tertiary/aromatic N) is 1. The number of phenols is 1. The Hall–Kier alpha value is -2.45. The number of carboxylic acids is 1. The zero-order chi connectivity index (χ0) is 19.5. The zero-order valence-corrected chi connectivity index (χ0v) is 14.2. The molecule has 144 valence electrons. The highest BCUT2D eigenvalue weighted by atomic mass is 19.4. The average molecular weight is 374 g/mol. The molecule has 9 heteroatoms. The van der Waals surface area contributed by atoms with E-state index in [2.05, 4.69) is 5.32 Å². The van der Waals surface area contributed by atoms with Crippen molar-refractivity contribution in [2.45, 2.75) is 32.0 Å². The quantitative estimate of drug-likeness (QED) is 0.739. The number of rotatable bonds is 5. The Balaban J connectivity index is 1.88. The number of aliphatic carboxylic acids is 1. The van der Waals surface area contributed by atoms with Gasteiger partial charge >= 0.3 is 18.2 Å². The SMILES string of the molecule is CC(CCc1ccc(O)cc1)NC(=O)N1C[C@@H](C(F)(F)F)[C@H](C(=O)O)C1. The number of phenolic OH excluding ortho intramolecular Hbond substituents is 1. The van der Waals surface area contributed by atoms with E-state index in [4.69, 9.17) is 5.11 Å². The van der Waals surface area contributed by atoms with E-state index in [1.165, 1.54) is 0 Å². The lowest BCUT2D eigenvalue weighted by molar-refractivity contribution is -0.187. The molecular formula is C17H21F3N2O4. The van der Waals surface area contributed by atoms with Crippen molar-refractivity contribution in [3.05, 3.63) is 29.8 Å². The molecular weight excluding hydrogens is 353 g/mol. The first-order chi connectivity index (χ1) is 12.1. The molecule has 0 bridgehead atoms. The Morgan fingerprint density at radius 2 is 1.88 bits per heavy atom. The minimum atomic E-state index is -4.66. The molecule has 0 aliphatic carbocycles. The van der Waals surface area contributed by atoms with Crippen LogP contribution in [0.3, 0.4) is 0 Å². The van der Waals surface area contributed by atoms with Gasteiger partial charge in [-0.2, -0.15) is 13.2 Å². The highest BCUT2D eigenvalue weighted by molar-refractivity contribution is 5.78. The van der Waals surface area contributed by atoms with Crippen molar-refractivity contribution >= 4 is 12.0 Å². The number of alkyl halides is 3. The Kier molecular flexibility index (Phi) is 5.99. The van der Waals surface area contributed by atoms with Crippen LogP contribution in [-0.4, -0.2) is 52.4 Å². The van der Waals surface area contributed by atoms with Gasteiger partial charge in [-0.25, -0.2) is 4.79 Å². The molecule has 2 rings (SSSR count). The van der Waals surface area contributed by atoms with E-state index >= 15 is 0 Å². The van der Waals surface area contributed by atoms with E-state index in [1.54, 1.807) is 31.2 Å². The summed E-state index contributed by atoms with van der Waals surface area (Å²) in [5.74, 6) is -5.11. The molecule has 1 unspecified atom stereocenters. The fourth-order valence-electron chi connectivity index (χ4n) is 2.97. The minimum Gasteiger partial charge on any atom is -0.508 e. The minimum absolute atomic E-state index is 0.149. The normalized spacial score (nSPS) is 21.5. The van der Waals surface area contributed by atoms with Crippen molar-refractivity contribution in [1.29, 1.82) is 0 Å². The largest absolute Gasteiger partial charge is 0.508 e. The van der Waals surface area contributed by atoms with Gasteiger partial charge < -0.3 is 20.4 Å². The number of hydrogen-bond acceptors (Lipinski definition) is 3. The van der Waals surface area contributed by atoms with E-state index < -0.39 is 43.1 Å². The standard InChI is InChI=1S/C17H21F3N2O4/c1-10(2-3-11-4-6-12(23)7-5-11)21-16(26)22-8-13(15(24)25)14(9-22)17(18,19)20/h4-7,10,13-14,23H,2-3,8-9H2,1H3,(H,21,26)(H,24,25)/t10?,13-,14-/m1/s1. The fourth-order valence-corrected chi connectivity index (χ4v) is 2.97. The molecule has 6 nitrogen and oxygen atoms in total. The predicted octanol–water partition coefficient (Wildman–Crippen LogP) is 2.62. The monoisotopic (exact) mass is 374 g/mol. The first-order valence-electron chi connectivity index (χ1n) is 8.20. The number of aromatic hydroxyl groups is 1. The van der Waals surface area contributed by atoms with Crippen molar-refractivity contribution in [2.24, 2.45) is 11.8 Å². The Labute approximate surface area is 148 Å². The summed E-state index contributed by atoms with van der Waals surface area (Å²) in [7, 11) is 0. The van der Waals surface area contributed by atoms with Crippen LogP contribution in [0.15, 0.2) is 24.3 Å². The number of carbonyl (C=O) groups excluding carboxylic acids is 1. The number of carboxylic acid groups (broad SMARTS) is 1. The third kappa shape index (κ3) is 5.03. The summed E-state index contributed by atoms with van der Waals surface area (Å²) in [6.45, 7) is 0.608. The molecule has 2 amide bonds. The van der Waals surface area contributed by atoms with E-state index in [-0.39, 0.29) is 11.8 Å². The summed E-state index contributed by atoms with van der Waals surface area (Å²) >= 11 is 0. The summed E-state index contributed by atoms with van der Waals surface area (Å²) in [5, 5.41) is 20.8. The molecule has 1 aliphatic heterocycles. The number of likely N-dealkylation sites (tertiary alicyclic amines) is 1. The van der Waals surface area contributed by atoms with Gasteiger partial charge in [-0.15, -0.1) is 0 Å². The van der Waals surface area contributed by atoms with Gasteiger partial charge in [0.1, 0.15) is 5.75 Å². The summed E-state index contributed by atoms with van der Waals surface area (Å²) in [4.78, 5) is 24.1. The molecule has 1 heterocycles. The average Bonchev–Trinajstić information content (AvgIpc) is 3.00. The maximum absolute atomic E-state index is 13.0. The van der Waals surface area contributed by atoms with Crippen LogP contribution in [0.4, 0.5) is 18.0 Å². The number of hydrogen-bond donors (Lipinski definition) is 3. The van der Waals surface area contributed by atoms with Crippen molar-refractivity contribution in [3.63, 3.8) is 0 Å². The molecule has 26 heavy (non-hydrogen) atoms. The molecule has 1 aromatic rings. The van der Waals surface area contributed by atoms with Gasteiger partial charge in [0.25, 0.3) is 0 Å². The van der Waals surface area contributed by atoms with Gasteiger partial charge in [0.05, 0.1) is 11.8 Å². The number of benzene rings is 1. The highest BCUT2D eigenvalue weighted by Crippen LogP contribution is 2.37. The number of urea groups is 1. The van der Waals surface area contributed by atoms with Gasteiger partial charge in [0.15, 0.2) is 0 Å². The van der Waals surface area contributed by atoms with Crippen LogP contribution in [0.25, 0.3) is 0 Å². The first-order valence-corrected chi connectivity index (χ1v) is 8.20. The van der Waals surface area contributed by atoms with Crippen LogP contribution >= 0.6 is 0 Å². The number of aryl methyl sites for hydroxylation is 1. The van der Waals surface area contributed by atoms with Crippen molar-refractivity contribution in [2.75, 3.05) is 13.1 Å². The van der Waals surface area contributed by atoms with Gasteiger partial charge in [-0.3, -0.25) is 4.79 Å². The second kappa shape index (κ2) is 7.84. The predicted molar refractivity (Wildman–Crippen MR) is 86.7 cm³/mol. The van der Waals surface area contributed by atoms with Crippen LogP contribution < -0.4 is 5.32 Å². The van der Waals surface area contributed by atoms with E-state index in [9.17, 15) is 27.9 Å². The van der Waals surface area contributed by atoms with Gasteiger partial charge in [0, 0.05) is 19.1 Å². The lowest BCUT2D eigenvalue weighted by Gasteiger charge is -2.21. The molecule has 3 N–H and O–H groups in total. The molecule has 0 spiro atoms. The number of halogens is 3. The van der Waals surface area contributed by atoms with Gasteiger partial charge in [-0.05, 0) is 37.5 Å². The fraction of sp³-hybridized carbons (Fsp3) is 0.529. The van der Waals surface area contributed by atoms with E-state index in [0.29, 0.717) is 12.8 Å². The van der Waals surface area contributed by atoms with Crippen molar-refractivity contribution in [1.82, 2.24) is 10.2 Å². The topological polar surface area (TPSA) is 89.9 Å². The van der Waals surface area contributed by atoms with E-state index in [1.807, 2.05) is 0 Å². The second-order valence-corrected chi connectivity index (χ2v) is 6.55. The highest BCUT2D eigenvalue weighted by Gasteiger charge is 2.53. The Bertz CT molecular complexity index is 648. The summed E-state index contributed by atoms with van der Waals surface area (Å²) < 4.78 is 38.9. The lowest BCUT2D eigenvalue weighted by Crippen LogP contribution is -2.43. The summed E-state index contributed by atoms with van der Waals surface area (Å²) in [5.41, 5.74) is 0.952. The molecule has 0 aromatic heterocycles. The Morgan fingerprint density at radius 3 is 2.38 bits per heavy atom. The van der Waals surface area contributed by atoms with Crippen LogP contribution in [0.5, 0.6) is 5.75 Å². The maximum Gasteiger partial charge on any atom is 0.394 e. The van der Waals surface area contributed by atoms with Crippen LogP contribution in [-0.2, 0) is 11.2 Å². The maximum atomic E-state index is 13.0. The molecule has 1 aliphatic rings. The van der Waals surface area contributed by atoms with Crippen LogP contribution in [0.1, 0.15) is 18.9 Å². The van der Waals surface area contributed by atoms with Crippen molar-refractivity contribution in [3.8, 4) is 5.75 Å². The molecule has 0 saturated carbocycles. The third-order valence-corrected chi connectivity index (χ3v) is 4.52. The van der Waals surface area contributed by atoms with Crippen molar-refractivity contribution < 1.29 is 33.0 Å². The van der Waals surface area contributed by atoms with E-state index in [0.717, 1.165) is 10.5 Å². The molecule has 1 fully saturated rings. The molecule has 0 radical (unpaired) electrons. The molecule has 1 aromatic carbocycles. The molecule has 3 atom stereocenters. The Morgan fingerprint density at radius 1 is 1.27 bits per heavy atom. The van der Waals surface area contributed by atoms with Crippen LogP contribution in [0, 0.1) is 11.8 Å². The zero-order valence-electron chi connectivity index (χ0n) is 14.2. The number of nitrogens with one attached hydrogen (secondary N) is 1. The smallest absolute Gasteiger partial charge is 0.394 e. The molecule has 1 saturated heterocycles. The van der Waals surface area contributed by atoms with Gasteiger partial charge in [-0.1, -0.05) is 12.1 Å².